The topological polar surface area (TPSA) is 417 Å². The molecule has 45 heteroatoms. The number of alkyl halides is 2. The molecule has 1 fully saturated rings. The van der Waals surface area contributed by atoms with E-state index in [2.05, 4.69) is 95.6 Å². The Morgan fingerprint density at radius 1 is 0.378 bits per heavy atom. The van der Waals surface area contributed by atoms with Crippen molar-refractivity contribution in [1.82, 2.24) is 76.4 Å². The fourth-order valence-corrected chi connectivity index (χ4v) is 23.8. The lowest BCUT2D eigenvalue weighted by atomic mass is 10.00. The second-order valence-electron chi connectivity index (χ2n) is 31.3. The van der Waals surface area contributed by atoms with Gasteiger partial charge in [0.15, 0.2) is 0 Å². The number of carbonyl (C=O) groups excluding carboxylic acids is 3. The third-order valence-corrected chi connectivity index (χ3v) is 30.0. The number of anilines is 5. The van der Waals surface area contributed by atoms with Crippen molar-refractivity contribution in [2.24, 2.45) is 0 Å². The number of hydrogen-bond acceptors (Lipinski definition) is 30. The molecule has 5 aliphatic heterocycles. The van der Waals surface area contributed by atoms with Gasteiger partial charge in [-0.3, -0.25) is 14.4 Å². The van der Waals surface area contributed by atoms with Crippen LogP contribution in [0.1, 0.15) is 113 Å². The molecule has 1 saturated carbocycles. The molecule has 0 bridgehead atoms. The van der Waals surface area contributed by atoms with Gasteiger partial charge in [-0.25, -0.2) is 58.6 Å². The zero-order chi connectivity index (χ0) is 95.6. The van der Waals surface area contributed by atoms with Gasteiger partial charge in [-0.05, 0) is 86.3 Å². The lowest BCUT2D eigenvalue weighted by Crippen LogP contribution is -2.34. The summed E-state index contributed by atoms with van der Waals surface area (Å²) in [4.78, 5) is 87.4. The van der Waals surface area contributed by atoms with E-state index >= 15 is 0 Å². The van der Waals surface area contributed by atoms with Crippen LogP contribution in [0.4, 0.5) is 38.5 Å². The molecular formula is C90H76Cl10F2N20O8S5. The SMILES string of the molecule is C=C(NC)c1cc2c(-c3c(Cl)cc(Cl)c4c3CCO4)nc(N)nc2s1.C=C(NC1CC1)c1cc2c(-c3c(Cl)cc(Cl)c4c3CCO4)nc(N)nc2s1.CC(F)(F)CNC(=O)c1cc2c(-c3c(Cl)cc(Cl)c4c3CCO4)nc(N)nc2s1.CCCNC(=O)c1cc2c(-c3c(Cl)cc(Cl)c4c3CCO4)nc(N)nc2s1.CCCNC(=O)c1cc2c(-c3c(Cl)cc(Cl)c4c3CCO4)nc(N)nc2s1. The van der Waals surface area contributed by atoms with Crippen molar-refractivity contribution in [2.45, 2.75) is 90.5 Å². The van der Waals surface area contributed by atoms with Crippen molar-refractivity contribution >= 4 is 283 Å². The van der Waals surface area contributed by atoms with Crippen LogP contribution >= 0.6 is 173 Å². The number of carbonyl (C=O) groups is 3. The molecule has 135 heavy (non-hydrogen) atoms. The second-order valence-corrected chi connectivity index (χ2v) is 40.5. The number of nitrogens with zero attached hydrogens (tertiary/aromatic N) is 10. The lowest BCUT2D eigenvalue weighted by Gasteiger charge is -2.12. The van der Waals surface area contributed by atoms with Gasteiger partial charge in [-0.1, -0.05) is 143 Å². The molecule has 0 radical (unpaired) electrons. The van der Waals surface area contributed by atoms with E-state index in [-0.39, 0.29) is 46.4 Å². The van der Waals surface area contributed by atoms with Gasteiger partial charge in [-0.2, -0.15) is 0 Å². The Balaban J connectivity index is 0.000000117. The number of ether oxygens (including phenoxy) is 5. The minimum absolute atomic E-state index is 0.0000756. The van der Waals surface area contributed by atoms with Gasteiger partial charge >= 0.3 is 0 Å². The molecule has 5 aromatic carbocycles. The summed E-state index contributed by atoms with van der Waals surface area (Å²) in [5.74, 6) is -0.135. The number of hydrogen-bond donors (Lipinski definition) is 10. The first kappa shape index (κ1) is 96.2. The molecule has 0 saturated heterocycles. The van der Waals surface area contributed by atoms with Gasteiger partial charge in [-0.15, -0.1) is 56.7 Å². The van der Waals surface area contributed by atoms with Crippen LogP contribution in [0.25, 0.3) is 119 Å². The quantitative estimate of drug-likeness (QED) is 0.0359. The summed E-state index contributed by atoms with van der Waals surface area (Å²) in [7, 11) is 1.83. The van der Waals surface area contributed by atoms with Gasteiger partial charge in [0.1, 0.15) is 52.9 Å². The lowest BCUT2D eigenvalue weighted by molar-refractivity contribution is 0.0221. The van der Waals surface area contributed by atoms with Crippen molar-refractivity contribution in [2.75, 3.05) is 88.4 Å². The first-order valence-corrected chi connectivity index (χ1v) is 49.6. The molecule has 15 heterocycles. The van der Waals surface area contributed by atoms with Crippen LogP contribution in [-0.4, -0.2) is 139 Å². The van der Waals surface area contributed by atoms with E-state index in [0.29, 0.717) is 214 Å². The predicted octanol–water partition coefficient (Wildman–Crippen LogP) is 22.5. The summed E-state index contributed by atoms with van der Waals surface area (Å²) in [6.45, 7) is 16.0. The maximum Gasteiger partial charge on any atom is 0.262 e. The highest BCUT2D eigenvalue weighted by molar-refractivity contribution is 7.22. The molecule has 15 aromatic rings. The van der Waals surface area contributed by atoms with Crippen molar-refractivity contribution in [3.63, 3.8) is 0 Å². The number of thiophene rings is 5. The molecule has 10 aromatic heterocycles. The highest BCUT2D eigenvalue weighted by Gasteiger charge is 2.35. The van der Waals surface area contributed by atoms with Gasteiger partial charge < -0.3 is 78.9 Å². The van der Waals surface area contributed by atoms with E-state index < -0.39 is 18.4 Å². The Morgan fingerprint density at radius 2 is 0.615 bits per heavy atom. The molecule has 698 valence electrons. The molecule has 1 aliphatic carbocycles. The third-order valence-electron chi connectivity index (χ3n) is 21.8. The normalized spacial score (nSPS) is 13.5. The van der Waals surface area contributed by atoms with Crippen LogP contribution in [-0.2, 0) is 32.1 Å². The number of benzene rings is 5. The third kappa shape index (κ3) is 19.9. The Hall–Kier alpha value is -10.5. The number of amides is 3. The molecule has 0 unspecified atom stereocenters. The molecule has 21 rings (SSSR count). The molecule has 0 spiro atoms. The number of nitrogen functional groups attached to an aromatic ring is 5. The molecule has 15 N–H and O–H groups in total. The largest absolute Gasteiger partial charge is 0.491 e. The molecule has 3 amide bonds. The van der Waals surface area contributed by atoms with Crippen molar-refractivity contribution in [1.29, 1.82) is 0 Å². The molecule has 0 atom stereocenters. The Morgan fingerprint density at radius 3 is 0.852 bits per heavy atom. The maximum absolute atomic E-state index is 13.1. The minimum atomic E-state index is -3.01. The van der Waals surface area contributed by atoms with Gasteiger partial charge in [0.05, 0.1) is 143 Å². The van der Waals surface area contributed by atoms with Crippen molar-refractivity contribution in [3.05, 3.63) is 176 Å². The monoisotopic (exact) mass is 2110 g/mol. The summed E-state index contributed by atoms with van der Waals surface area (Å²) in [6, 6.07) is 18.0. The molecular weight excluding hydrogens is 2040 g/mol. The first-order chi connectivity index (χ1) is 64.6. The van der Waals surface area contributed by atoms with Crippen LogP contribution < -0.4 is 78.9 Å². The summed E-state index contributed by atoms with van der Waals surface area (Å²) >= 11 is 70.6. The summed E-state index contributed by atoms with van der Waals surface area (Å²) < 4.78 is 54.4. The number of rotatable bonds is 19. The van der Waals surface area contributed by atoms with Gasteiger partial charge in [0, 0.05) is 159 Å². The fraction of sp³-hybridized carbons (Fsp3) is 0.256. The standard InChI is InChI=1S/C19H16Cl2N4OS.C18H14Cl2F2N4O2S.2C18H16Cl2N4O2S.C17H14Cl2N4OS/c1-8(23-9-2-3-9)14-6-11-16(24-19(22)25-18(11)27-14)15-10-4-5-26-17(10)13(21)7-12(15)20;1-18(21,22)6-24-15(27)11-4-8-13(25-17(23)26-16(8)29-11)12-7-2-3-28-14(7)10(20)5-9(12)19;2*1-2-4-22-16(25)12-6-9-14(23-18(21)24-17(9)27-12)13-8-3-5-26-15(8)11(20)7-10(13)19;1-7(21-2)12-5-9-14(22-17(20)23-16(9)25-12)13-8-3-4-24-15(8)11(19)6-10(13)18/h6-7,9,23H,1-5H2,(H2,22,24,25);4-5H,2-3,6H2,1H3,(H,24,27)(H2,23,25,26);2*6-7H,2-5H2,1H3,(H,22,25)(H2,21,23,24);5-6,21H,1,3-4H2,2H3,(H2,20,22,23). The molecule has 6 aliphatic rings. The van der Waals surface area contributed by atoms with E-state index in [1.807, 2.05) is 27.0 Å². The number of nitrogens with one attached hydrogen (secondary N) is 5. The zero-order valence-corrected chi connectivity index (χ0v) is 83.1. The van der Waals surface area contributed by atoms with E-state index in [9.17, 15) is 23.2 Å². The average molecular weight is 2120 g/mol. The second kappa shape index (κ2) is 39.9. The minimum Gasteiger partial charge on any atom is -0.491 e. The smallest absolute Gasteiger partial charge is 0.262 e. The Bertz CT molecular complexity index is 7250. The number of nitrogens with two attached hydrogens (primary N) is 5. The van der Waals surface area contributed by atoms with Crippen LogP contribution in [0.3, 0.4) is 0 Å². The Kier molecular flexibility index (Phi) is 28.5. The van der Waals surface area contributed by atoms with Gasteiger partial charge in [0.2, 0.25) is 29.7 Å². The van der Waals surface area contributed by atoms with Crippen LogP contribution in [0.15, 0.2) is 73.8 Å². The van der Waals surface area contributed by atoms with Crippen LogP contribution in [0, 0.1) is 0 Å². The predicted molar refractivity (Wildman–Crippen MR) is 544 cm³/mol. The van der Waals surface area contributed by atoms with Crippen molar-refractivity contribution in [3.8, 4) is 85.0 Å². The fourth-order valence-electron chi connectivity index (χ4n) is 15.7. The Labute approximate surface area is 838 Å². The number of aromatic nitrogens is 10. The highest BCUT2D eigenvalue weighted by Crippen LogP contribution is 2.54. The van der Waals surface area contributed by atoms with E-state index in [1.54, 1.807) is 59.9 Å². The highest BCUT2D eigenvalue weighted by atomic mass is 35.5. The molecule has 28 nitrogen and oxygen atoms in total. The summed E-state index contributed by atoms with van der Waals surface area (Å²) in [5.41, 5.74) is 42.6. The van der Waals surface area contributed by atoms with E-state index in [0.717, 1.165) is 146 Å². The van der Waals surface area contributed by atoms with E-state index in [1.165, 1.54) is 46.9 Å². The first-order valence-electron chi connectivity index (χ1n) is 41.7. The average Bonchev–Trinajstić information content (AvgIpc) is 1.59. The van der Waals surface area contributed by atoms with Crippen molar-refractivity contribution < 1.29 is 46.8 Å². The van der Waals surface area contributed by atoms with Crippen LogP contribution in [0.5, 0.6) is 28.7 Å². The maximum atomic E-state index is 13.1. The van der Waals surface area contributed by atoms with Gasteiger partial charge in [0.25, 0.3) is 23.6 Å². The van der Waals surface area contributed by atoms with E-state index in [4.69, 9.17) is 168 Å². The zero-order valence-electron chi connectivity index (χ0n) is 71.5. The summed E-state index contributed by atoms with van der Waals surface area (Å²) in [6.07, 6.45) is 7.47. The number of fused-ring (bicyclic) bond motifs is 10. The van der Waals surface area contributed by atoms with Crippen LogP contribution in [0.2, 0.25) is 50.2 Å². The summed E-state index contributed by atoms with van der Waals surface area (Å²) in [5, 5.41) is 22.9. The number of halogens is 12.